The molecule has 0 fully saturated rings. The van der Waals surface area contributed by atoms with Gasteiger partial charge in [-0.05, 0) is 58.2 Å². The van der Waals surface area contributed by atoms with E-state index < -0.39 is 10.0 Å². The highest BCUT2D eigenvalue weighted by atomic mass is 79.9. The van der Waals surface area contributed by atoms with Crippen LogP contribution in [0.4, 0.5) is 5.69 Å². The number of hydrogen-bond donors (Lipinski definition) is 1. The molecule has 0 saturated carbocycles. The van der Waals surface area contributed by atoms with Gasteiger partial charge < -0.3 is 14.8 Å². The molecule has 1 N–H and O–H groups in total. The summed E-state index contributed by atoms with van der Waals surface area (Å²) in [6.45, 7) is 0. The van der Waals surface area contributed by atoms with Crippen LogP contribution in [0, 0.1) is 0 Å². The number of methoxy groups -OCH3 is 2. The van der Waals surface area contributed by atoms with Crippen LogP contribution in [0.25, 0.3) is 0 Å². The van der Waals surface area contributed by atoms with Gasteiger partial charge in [0.1, 0.15) is 11.5 Å². The van der Waals surface area contributed by atoms with Crippen LogP contribution in [0.15, 0.2) is 45.8 Å². The fourth-order valence-electron chi connectivity index (χ4n) is 2.49. The smallest absolute Gasteiger partial charge is 0.242 e. The van der Waals surface area contributed by atoms with E-state index in [9.17, 15) is 13.2 Å². The monoisotopic (exact) mass is 470 g/mol. The molecule has 0 aliphatic heterocycles. The molecule has 1 amide bonds. The summed E-state index contributed by atoms with van der Waals surface area (Å²) < 4.78 is 37.0. The van der Waals surface area contributed by atoms with Crippen molar-refractivity contribution in [1.82, 2.24) is 4.31 Å². The number of nitrogens with zero attached hydrogens (tertiary/aromatic N) is 1. The molecule has 0 radical (unpaired) electrons. The topological polar surface area (TPSA) is 84.9 Å². The zero-order valence-corrected chi connectivity index (χ0v) is 18.6. The zero-order chi connectivity index (χ0) is 20.9. The lowest BCUT2D eigenvalue weighted by Gasteiger charge is -2.15. The van der Waals surface area contributed by atoms with E-state index in [4.69, 9.17) is 9.47 Å². The van der Waals surface area contributed by atoms with E-state index in [0.29, 0.717) is 17.9 Å². The lowest BCUT2D eigenvalue weighted by Crippen LogP contribution is -2.22. The van der Waals surface area contributed by atoms with Crippen molar-refractivity contribution in [3.63, 3.8) is 0 Å². The number of hydrogen-bond acceptors (Lipinski definition) is 5. The van der Waals surface area contributed by atoms with Crippen LogP contribution >= 0.6 is 15.9 Å². The molecule has 2 rings (SSSR count). The minimum absolute atomic E-state index is 0.0766. The Balaban J connectivity index is 2.13. The number of rotatable bonds is 8. The summed E-state index contributed by atoms with van der Waals surface area (Å²) in [6, 6.07) is 9.98. The van der Waals surface area contributed by atoms with E-state index in [1.165, 1.54) is 39.4 Å². The van der Waals surface area contributed by atoms with Crippen molar-refractivity contribution >= 4 is 37.5 Å². The van der Waals surface area contributed by atoms with Crippen molar-refractivity contribution in [3.8, 4) is 11.5 Å². The Kier molecular flexibility index (Phi) is 7.45. The lowest BCUT2D eigenvalue weighted by atomic mass is 10.1. The van der Waals surface area contributed by atoms with Gasteiger partial charge in [0, 0.05) is 20.5 Å². The van der Waals surface area contributed by atoms with E-state index in [0.717, 1.165) is 20.1 Å². The molecule has 0 saturated heterocycles. The van der Waals surface area contributed by atoms with E-state index in [1.807, 2.05) is 18.2 Å². The summed E-state index contributed by atoms with van der Waals surface area (Å²) >= 11 is 3.42. The van der Waals surface area contributed by atoms with Gasteiger partial charge in [0.15, 0.2) is 0 Å². The molecule has 152 valence electrons. The molecule has 9 heteroatoms. The first kappa shape index (κ1) is 22.2. The summed E-state index contributed by atoms with van der Waals surface area (Å²) in [7, 11) is 2.33. The van der Waals surface area contributed by atoms with Gasteiger partial charge in [-0.25, -0.2) is 12.7 Å². The number of sulfonamides is 1. The molecule has 0 unspecified atom stereocenters. The van der Waals surface area contributed by atoms with E-state index >= 15 is 0 Å². The van der Waals surface area contributed by atoms with Gasteiger partial charge in [-0.1, -0.05) is 6.07 Å². The van der Waals surface area contributed by atoms with Crippen LogP contribution in [-0.2, 0) is 21.2 Å². The van der Waals surface area contributed by atoms with Crippen LogP contribution < -0.4 is 14.8 Å². The number of halogens is 1. The zero-order valence-electron chi connectivity index (χ0n) is 16.2. The van der Waals surface area contributed by atoms with Crippen molar-refractivity contribution in [2.75, 3.05) is 33.6 Å². The third-order valence-electron chi connectivity index (χ3n) is 4.08. The van der Waals surface area contributed by atoms with Crippen LogP contribution in [0.3, 0.4) is 0 Å². The lowest BCUT2D eigenvalue weighted by molar-refractivity contribution is -0.116. The molecule has 0 atom stereocenters. The predicted molar refractivity (Wildman–Crippen MR) is 112 cm³/mol. The summed E-state index contributed by atoms with van der Waals surface area (Å²) in [5.41, 5.74) is 1.28. The van der Waals surface area contributed by atoms with E-state index in [1.54, 1.807) is 7.11 Å². The van der Waals surface area contributed by atoms with Crippen molar-refractivity contribution in [1.29, 1.82) is 0 Å². The second-order valence-corrected chi connectivity index (χ2v) is 9.17. The molecule has 0 aromatic heterocycles. The molecular formula is C19H23BrN2O5S. The Hall–Kier alpha value is -2.10. The fourth-order valence-corrected chi connectivity index (χ4v) is 4.01. The van der Waals surface area contributed by atoms with Gasteiger partial charge in [-0.2, -0.15) is 0 Å². The number of benzene rings is 2. The van der Waals surface area contributed by atoms with Gasteiger partial charge in [0.2, 0.25) is 15.9 Å². The number of ether oxygens (including phenoxy) is 2. The highest BCUT2D eigenvalue weighted by Crippen LogP contribution is 2.29. The molecule has 0 heterocycles. The second kappa shape index (κ2) is 9.40. The molecule has 28 heavy (non-hydrogen) atoms. The van der Waals surface area contributed by atoms with Crippen molar-refractivity contribution in [2.24, 2.45) is 0 Å². The van der Waals surface area contributed by atoms with Crippen LogP contribution in [0.5, 0.6) is 11.5 Å². The maximum absolute atomic E-state index is 12.4. The van der Waals surface area contributed by atoms with Crippen molar-refractivity contribution < 1.29 is 22.7 Å². The first-order valence-electron chi connectivity index (χ1n) is 8.42. The number of anilines is 1. The van der Waals surface area contributed by atoms with Gasteiger partial charge in [-0.15, -0.1) is 0 Å². The molecule has 0 aliphatic carbocycles. The maximum Gasteiger partial charge on any atom is 0.242 e. The average Bonchev–Trinajstić information content (AvgIpc) is 2.66. The van der Waals surface area contributed by atoms with Crippen molar-refractivity contribution in [3.05, 3.63) is 46.4 Å². The highest BCUT2D eigenvalue weighted by Gasteiger charge is 2.19. The molecule has 0 spiro atoms. The van der Waals surface area contributed by atoms with Crippen LogP contribution in [0.1, 0.15) is 12.0 Å². The largest absolute Gasteiger partial charge is 0.496 e. The first-order valence-corrected chi connectivity index (χ1v) is 10.6. The molecular weight excluding hydrogens is 448 g/mol. The Labute approximate surface area is 173 Å². The number of carbonyl (C=O) groups excluding carboxylic acids is 1. The predicted octanol–water partition coefficient (Wildman–Crippen LogP) is 3.29. The summed E-state index contributed by atoms with van der Waals surface area (Å²) in [4.78, 5) is 12.5. The third-order valence-corrected chi connectivity index (χ3v) is 6.51. The van der Waals surface area contributed by atoms with Gasteiger partial charge in [-0.3, -0.25) is 4.79 Å². The molecule has 2 aromatic carbocycles. The van der Waals surface area contributed by atoms with E-state index in [-0.39, 0.29) is 17.2 Å². The van der Waals surface area contributed by atoms with Crippen LogP contribution in [0.2, 0.25) is 0 Å². The molecule has 7 nitrogen and oxygen atoms in total. The van der Waals surface area contributed by atoms with Gasteiger partial charge >= 0.3 is 0 Å². The summed E-state index contributed by atoms with van der Waals surface area (Å²) in [5, 5.41) is 2.74. The quantitative estimate of drug-likeness (QED) is 0.639. The average molecular weight is 471 g/mol. The number of nitrogens with one attached hydrogen (secondary N) is 1. The second-order valence-electron chi connectivity index (χ2n) is 6.17. The standard InChI is InChI=1S/C19H23BrN2O5S/c1-22(2)28(24,25)14-7-9-18(27-4)16(12-14)21-19(23)10-6-13-5-8-17(26-3)15(20)11-13/h5,7-9,11-12H,6,10H2,1-4H3,(H,21,23). The number of carbonyl (C=O) groups is 1. The normalized spacial score (nSPS) is 11.4. The summed E-state index contributed by atoms with van der Waals surface area (Å²) in [5.74, 6) is 0.861. The molecule has 2 aromatic rings. The molecule has 0 aliphatic rings. The summed E-state index contributed by atoms with van der Waals surface area (Å²) in [6.07, 6.45) is 0.749. The SMILES string of the molecule is COc1ccc(CCC(=O)Nc2cc(S(=O)(=O)N(C)C)ccc2OC)cc1Br. The Morgan fingerprint density at radius 3 is 2.29 bits per heavy atom. The minimum atomic E-state index is -3.62. The first-order chi connectivity index (χ1) is 13.2. The van der Waals surface area contributed by atoms with Gasteiger partial charge in [0.25, 0.3) is 0 Å². The third kappa shape index (κ3) is 5.24. The fraction of sp³-hybridized carbons (Fsp3) is 0.316. The minimum Gasteiger partial charge on any atom is -0.496 e. The number of amides is 1. The Bertz CT molecular complexity index is 961. The molecule has 0 bridgehead atoms. The van der Waals surface area contributed by atoms with Gasteiger partial charge in [0.05, 0.1) is 29.3 Å². The highest BCUT2D eigenvalue weighted by molar-refractivity contribution is 9.10. The van der Waals surface area contributed by atoms with E-state index in [2.05, 4.69) is 21.2 Å². The van der Waals surface area contributed by atoms with Crippen LogP contribution in [-0.4, -0.2) is 46.9 Å². The maximum atomic E-state index is 12.4. The Morgan fingerprint density at radius 1 is 1.07 bits per heavy atom. The number of aryl methyl sites for hydroxylation is 1. The Morgan fingerprint density at radius 2 is 1.71 bits per heavy atom. The van der Waals surface area contributed by atoms with Crippen molar-refractivity contribution in [2.45, 2.75) is 17.7 Å².